The zero-order valence-corrected chi connectivity index (χ0v) is 11.3. The van der Waals surface area contributed by atoms with Gasteiger partial charge in [-0.2, -0.15) is 0 Å². The number of ether oxygens (including phenoxy) is 1. The molecule has 1 aromatic carbocycles. The van der Waals surface area contributed by atoms with Gasteiger partial charge in [0.2, 0.25) is 0 Å². The molecule has 1 aromatic rings. The molecule has 1 saturated carbocycles. The molecule has 2 nitrogen and oxygen atoms in total. The summed E-state index contributed by atoms with van der Waals surface area (Å²) in [7, 11) is 1.44. The summed E-state index contributed by atoms with van der Waals surface area (Å²) in [6.45, 7) is 4.10. The van der Waals surface area contributed by atoms with Crippen LogP contribution in [0.3, 0.4) is 0 Å². The van der Waals surface area contributed by atoms with Gasteiger partial charge in [-0.25, -0.2) is 4.39 Å². The Bertz CT molecular complexity index is 442. The average molecular weight is 252 g/mol. The first kappa shape index (κ1) is 13.3. The van der Waals surface area contributed by atoms with Gasteiger partial charge < -0.3 is 9.84 Å². The number of hydrogen-bond donors (Lipinski definition) is 1. The van der Waals surface area contributed by atoms with Gasteiger partial charge in [-0.1, -0.05) is 32.8 Å². The molecule has 0 spiro atoms. The molecule has 3 heteroatoms. The van der Waals surface area contributed by atoms with Crippen LogP contribution in [0, 0.1) is 11.2 Å². The highest BCUT2D eigenvalue weighted by atomic mass is 19.1. The third-order valence-corrected chi connectivity index (χ3v) is 4.34. The van der Waals surface area contributed by atoms with Crippen molar-refractivity contribution >= 4 is 0 Å². The SMILES string of the molecule is COc1ccc(C2(O)CCCCC2(C)C)cc1F. The summed E-state index contributed by atoms with van der Waals surface area (Å²) in [4.78, 5) is 0. The Morgan fingerprint density at radius 3 is 2.44 bits per heavy atom. The molecule has 1 N–H and O–H groups in total. The first-order valence-electron chi connectivity index (χ1n) is 6.47. The standard InChI is InChI=1S/C15H21FO2/c1-14(2)8-4-5-9-15(14,17)11-6-7-13(18-3)12(16)10-11/h6-7,10,17H,4-5,8-9H2,1-3H3. The molecule has 1 aliphatic carbocycles. The van der Waals surface area contributed by atoms with E-state index in [9.17, 15) is 9.50 Å². The van der Waals surface area contributed by atoms with Crippen LogP contribution in [0.15, 0.2) is 18.2 Å². The predicted octanol–water partition coefficient (Wildman–Crippen LogP) is 3.62. The van der Waals surface area contributed by atoms with E-state index in [-0.39, 0.29) is 11.2 Å². The maximum Gasteiger partial charge on any atom is 0.165 e. The molecule has 1 atom stereocenters. The van der Waals surface area contributed by atoms with Crippen LogP contribution in [0.1, 0.15) is 45.1 Å². The Balaban J connectivity index is 2.43. The van der Waals surface area contributed by atoms with Crippen molar-refractivity contribution < 1.29 is 14.2 Å². The van der Waals surface area contributed by atoms with Crippen LogP contribution in [0.5, 0.6) is 5.75 Å². The number of benzene rings is 1. The molecule has 0 aliphatic heterocycles. The molecule has 0 radical (unpaired) electrons. The number of hydrogen-bond acceptors (Lipinski definition) is 2. The molecule has 1 aliphatic rings. The minimum atomic E-state index is -0.946. The van der Waals surface area contributed by atoms with Crippen molar-refractivity contribution in [2.45, 2.75) is 45.1 Å². The van der Waals surface area contributed by atoms with Crippen LogP contribution >= 0.6 is 0 Å². The maximum atomic E-state index is 13.8. The van der Waals surface area contributed by atoms with Crippen LogP contribution in [0.25, 0.3) is 0 Å². The van der Waals surface area contributed by atoms with E-state index in [1.165, 1.54) is 13.2 Å². The van der Waals surface area contributed by atoms with Gasteiger partial charge in [-0.15, -0.1) is 0 Å². The smallest absolute Gasteiger partial charge is 0.165 e. The third kappa shape index (κ3) is 2.01. The van der Waals surface area contributed by atoms with E-state index < -0.39 is 11.4 Å². The molecule has 2 rings (SSSR count). The summed E-state index contributed by atoms with van der Waals surface area (Å²) < 4.78 is 18.7. The normalized spacial score (nSPS) is 26.9. The van der Waals surface area contributed by atoms with Gasteiger partial charge in [-0.05, 0) is 36.0 Å². The van der Waals surface area contributed by atoms with Crippen molar-refractivity contribution in [2.75, 3.05) is 7.11 Å². The van der Waals surface area contributed by atoms with Gasteiger partial charge >= 0.3 is 0 Å². The van der Waals surface area contributed by atoms with Crippen molar-refractivity contribution in [1.29, 1.82) is 0 Å². The Morgan fingerprint density at radius 2 is 1.89 bits per heavy atom. The Kier molecular flexibility index (Phi) is 3.37. The maximum absolute atomic E-state index is 13.8. The molecule has 1 unspecified atom stereocenters. The lowest BCUT2D eigenvalue weighted by Gasteiger charge is -2.47. The average Bonchev–Trinajstić information content (AvgIpc) is 2.33. The number of methoxy groups -OCH3 is 1. The monoisotopic (exact) mass is 252 g/mol. The van der Waals surface area contributed by atoms with E-state index in [0.29, 0.717) is 12.0 Å². The van der Waals surface area contributed by atoms with Gasteiger partial charge in [0.15, 0.2) is 11.6 Å². The Hall–Kier alpha value is -1.09. The predicted molar refractivity (Wildman–Crippen MR) is 69.1 cm³/mol. The summed E-state index contributed by atoms with van der Waals surface area (Å²) in [5.74, 6) is -0.194. The molecule has 1 fully saturated rings. The first-order valence-corrected chi connectivity index (χ1v) is 6.47. The summed E-state index contributed by atoms with van der Waals surface area (Å²) in [5.41, 5.74) is -0.518. The highest BCUT2D eigenvalue weighted by Gasteiger charge is 2.46. The fraction of sp³-hybridized carbons (Fsp3) is 0.600. The van der Waals surface area contributed by atoms with Crippen molar-refractivity contribution in [2.24, 2.45) is 5.41 Å². The van der Waals surface area contributed by atoms with Crippen LogP contribution < -0.4 is 4.74 Å². The van der Waals surface area contributed by atoms with E-state index >= 15 is 0 Å². The Morgan fingerprint density at radius 1 is 1.22 bits per heavy atom. The number of aliphatic hydroxyl groups is 1. The van der Waals surface area contributed by atoms with Crippen molar-refractivity contribution in [3.05, 3.63) is 29.6 Å². The van der Waals surface area contributed by atoms with Crippen LogP contribution in [-0.4, -0.2) is 12.2 Å². The third-order valence-electron chi connectivity index (χ3n) is 4.34. The quantitative estimate of drug-likeness (QED) is 0.871. The Labute approximate surface area is 108 Å². The van der Waals surface area contributed by atoms with Gasteiger partial charge in [0.1, 0.15) is 0 Å². The van der Waals surface area contributed by atoms with E-state index in [1.807, 2.05) is 13.8 Å². The second-order valence-electron chi connectivity index (χ2n) is 5.80. The van der Waals surface area contributed by atoms with Crippen LogP contribution in [0.4, 0.5) is 4.39 Å². The largest absolute Gasteiger partial charge is 0.494 e. The fourth-order valence-electron chi connectivity index (χ4n) is 2.95. The molecule has 0 aromatic heterocycles. The summed E-state index contributed by atoms with van der Waals surface area (Å²) in [6, 6.07) is 4.77. The number of rotatable bonds is 2. The van der Waals surface area contributed by atoms with E-state index in [4.69, 9.17) is 4.74 Å². The number of halogens is 1. The molecular formula is C15H21FO2. The lowest BCUT2D eigenvalue weighted by atomic mass is 9.62. The minimum absolute atomic E-state index is 0.218. The molecular weight excluding hydrogens is 231 g/mol. The van der Waals surface area contributed by atoms with E-state index in [2.05, 4.69) is 0 Å². The van der Waals surface area contributed by atoms with E-state index in [1.54, 1.807) is 12.1 Å². The van der Waals surface area contributed by atoms with Gasteiger partial charge in [0.05, 0.1) is 12.7 Å². The highest BCUT2D eigenvalue weighted by molar-refractivity contribution is 5.34. The molecule has 0 heterocycles. The van der Waals surface area contributed by atoms with Gasteiger partial charge in [0.25, 0.3) is 0 Å². The second-order valence-corrected chi connectivity index (χ2v) is 5.80. The molecule has 18 heavy (non-hydrogen) atoms. The zero-order chi connectivity index (χ0) is 13.4. The first-order chi connectivity index (χ1) is 8.40. The minimum Gasteiger partial charge on any atom is -0.494 e. The zero-order valence-electron chi connectivity index (χ0n) is 11.3. The summed E-state index contributed by atoms with van der Waals surface area (Å²) in [5, 5.41) is 11.0. The molecule has 0 bridgehead atoms. The summed E-state index contributed by atoms with van der Waals surface area (Å²) in [6.07, 6.45) is 3.74. The molecule has 0 amide bonds. The topological polar surface area (TPSA) is 29.5 Å². The molecule has 100 valence electrons. The summed E-state index contributed by atoms with van der Waals surface area (Å²) >= 11 is 0. The van der Waals surface area contributed by atoms with Crippen molar-refractivity contribution in [3.8, 4) is 5.75 Å². The molecule has 0 saturated heterocycles. The lowest BCUT2D eigenvalue weighted by molar-refractivity contribution is -0.104. The van der Waals surface area contributed by atoms with Crippen LogP contribution in [-0.2, 0) is 5.60 Å². The van der Waals surface area contributed by atoms with Crippen LogP contribution in [0.2, 0.25) is 0 Å². The van der Waals surface area contributed by atoms with E-state index in [0.717, 1.165) is 19.3 Å². The van der Waals surface area contributed by atoms with Crippen molar-refractivity contribution in [3.63, 3.8) is 0 Å². The van der Waals surface area contributed by atoms with Gasteiger partial charge in [0, 0.05) is 0 Å². The second kappa shape index (κ2) is 4.54. The highest BCUT2D eigenvalue weighted by Crippen LogP contribution is 2.50. The fourth-order valence-corrected chi connectivity index (χ4v) is 2.95. The van der Waals surface area contributed by atoms with Crippen molar-refractivity contribution in [1.82, 2.24) is 0 Å². The van der Waals surface area contributed by atoms with Gasteiger partial charge in [-0.3, -0.25) is 0 Å². The lowest BCUT2D eigenvalue weighted by Crippen LogP contribution is -2.44.